The number of hydrogen-bond acceptors (Lipinski definition) is 6. The Morgan fingerprint density at radius 2 is 0.978 bits per heavy atom. The van der Waals surface area contributed by atoms with Crippen LogP contribution >= 0.6 is 23.2 Å². The Morgan fingerprint density at radius 1 is 0.522 bits per heavy atom. The molecular formula is C36H28Cl2O8. The Kier molecular flexibility index (Phi) is 10.7. The number of aromatic carboxylic acids is 2. The van der Waals surface area contributed by atoms with Crippen LogP contribution in [0.15, 0.2) is 109 Å². The van der Waals surface area contributed by atoms with E-state index in [1.807, 2.05) is 42.5 Å². The third kappa shape index (κ3) is 8.72. The van der Waals surface area contributed by atoms with E-state index >= 15 is 0 Å². The fourth-order valence-corrected chi connectivity index (χ4v) is 4.99. The quantitative estimate of drug-likeness (QED) is 0.122. The van der Waals surface area contributed by atoms with Crippen LogP contribution in [0.25, 0.3) is 0 Å². The molecule has 0 fully saturated rings. The Hall–Kier alpha value is -5.18. The molecule has 10 heteroatoms. The zero-order chi connectivity index (χ0) is 32.5. The van der Waals surface area contributed by atoms with Gasteiger partial charge in [0, 0.05) is 10.0 Å². The van der Waals surface area contributed by atoms with E-state index in [-0.39, 0.29) is 24.7 Å². The SMILES string of the molecule is O=C(O)c1ccc(OCc2cccc(OCc3cccc(Cl)c3)c2)c(OCc2cccc(OCc3cccc(Cl)c3)c2)c1C(=O)O. The number of hydrogen-bond donors (Lipinski definition) is 2. The first-order valence-electron chi connectivity index (χ1n) is 14.1. The third-order valence-corrected chi connectivity index (χ3v) is 7.20. The minimum atomic E-state index is -1.46. The number of benzene rings is 5. The van der Waals surface area contributed by atoms with Gasteiger partial charge in [-0.15, -0.1) is 0 Å². The van der Waals surface area contributed by atoms with E-state index in [2.05, 4.69) is 0 Å². The van der Waals surface area contributed by atoms with E-state index in [0.29, 0.717) is 40.3 Å². The number of rotatable bonds is 14. The maximum Gasteiger partial charge on any atom is 0.340 e. The highest BCUT2D eigenvalue weighted by Crippen LogP contribution is 2.36. The molecule has 0 saturated heterocycles. The summed E-state index contributed by atoms with van der Waals surface area (Å²) in [5.74, 6) is -1.84. The fraction of sp³-hybridized carbons (Fsp3) is 0.111. The second-order valence-electron chi connectivity index (χ2n) is 10.1. The maximum absolute atomic E-state index is 12.3. The molecule has 8 nitrogen and oxygen atoms in total. The Bertz CT molecular complexity index is 1860. The van der Waals surface area contributed by atoms with Crippen molar-refractivity contribution in [2.24, 2.45) is 0 Å². The van der Waals surface area contributed by atoms with Gasteiger partial charge in [-0.05, 0) is 82.9 Å². The number of ether oxygens (including phenoxy) is 4. The van der Waals surface area contributed by atoms with Gasteiger partial charge in [0.25, 0.3) is 0 Å². The summed E-state index contributed by atoms with van der Waals surface area (Å²) >= 11 is 12.1. The highest BCUT2D eigenvalue weighted by atomic mass is 35.5. The molecule has 5 aromatic carbocycles. The summed E-state index contributed by atoms with van der Waals surface area (Å²) in [5, 5.41) is 20.9. The lowest BCUT2D eigenvalue weighted by molar-refractivity contribution is 0.0646. The number of carboxylic acids is 2. The van der Waals surface area contributed by atoms with Crippen LogP contribution in [-0.4, -0.2) is 22.2 Å². The van der Waals surface area contributed by atoms with Gasteiger partial charge in [-0.3, -0.25) is 0 Å². The standard InChI is InChI=1S/C36H28Cl2O8/c37-27-9-1-5-23(15-27)19-43-29-11-3-7-25(17-29)21-45-32-14-13-31(35(39)40)33(36(41)42)34(32)46-22-26-8-4-12-30(18-26)44-20-24-6-2-10-28(38)16-24/h1-18H,19-22H2,(H,39,40)(H,41,42). The van der Waals surface area contributed by atoms with Gasteiger partial charge in [0.15, 0.2) is 11.5 Å². The van der Waals surface area contributed by atoms with Crippen molar-refractivity contribution in [3.8, 4) is 23.0 Å². The highest BCUT2D eigenvalue weighted by molar-refractivity contribution is 6.30. The van der Waals surface area contributed by atoms with Crippen molar-refractivity contribution < 1.29 is 38.7 Å². The molecule has 0 aliphatic rings. The molecule has 0 unspecified atom stereocenters. The minimum Gasteiger partial charge on any atom is -0.489 e. The smallest absolute Gasteiger partial charge is 0.340 e. The molecule has 234 valence electrons. The zero-order valence-electron chi connectivity index (χ0n) is 24.3. The van der Waals surface area contributed by atoms with Crippen molar-refractivity contribution in [2.75, 3.05) is 0 Å². The third-order valence-electron chi connectivity index (χ3n) is 6.73. The van der Waals surface area contributed by atoms with Gasteiger partial charge in [-0.1, -0.05) is 71.7 Å². The van der Waals surface area contributed by atoms with Gasteiger partial charge >= 0.3 is 11.9 Å². The predicted molar refractivity (Wildman–Crippen MR) is 173 cm³/mol. The molecular weight excluding hydrogens is 631 g/mol. The summed E-state index contributed by atoms with van der Waals surface area (Å²) in [6.07, 6.45) is 0. The molecule has 5 aromatic rings. The monoisotopic (exact) mass is 658 g/mol. The lowest BCUT2D eigenvalue weighted by Gasteiger charge is -2.17. The summed E-state index contributed by atoms with van der Waals surface area (Å²) in [7, 11) is 0. The topological polar surface area (TPSA) is 112 Å². The summed E-state index contributed by atoms with van der Waals surface area (Å²) < 4.78 is 23.8. The zero-order valence-corrected chi connectivity index (χ0v) is 25.8. The van der Waals surface area contributed by atoms with Crippen molar-refractivity contribution in [1.82, 2.24) is 0 Å². The Balaban J connectivity index is 1.31. The molecule has 0 atom stereocenters. The van der Waals surface area contributed by atoms with Crippen LogP contribution in [0.2, 0.25) is 10.0 Å². The van der Waals surface area contributed by atoms with Crippen molar-refractivity contribution in [1.29, 1.82) is 0 Å². The molecule has 0 aliphatic carbocycles. The van der Waals surface area contributed by atoms with Gasteiger partial charge in [-0.25, -0.2) is 9.59 Å². The molecule has 5 rings (SSSR count). The Morgan fingerprint density at radius 3 is 1.46 bits per heavy atom. The highest BCUT2D eigenvalue weighted by Gasteiger charge is 2.25. The normalized spacial score (nSPS) is 10.7. The summed E-state index contributed by atoms with van der Waals surface area (Å²) in [4.78, 5) is 24.2. The van der Waals surface area contributed by atoms with E-state index in [4.69, 9.17) is 42.1 Å². The lowest BCUT2D eigenvalue weighted by atomic mass is 10.1. The number of carboxylic acid groups (broad SMARTS) is 2. The maximum atomic E-state index is 12.3. The molecule has 0 amide bonds. The van der Waals surface area contributed by atoms with Gasteiger partial charge < -0.3 is 29.2 Å². The van der Waals surface area contributed by atoms with Crippen LogP contribution in [0, 0.1) is 0 Å². The van der Waals surface area contributed by atoms with Crippen molar-refractivity contribution in [3.05, 3.63) is 153 Å². The van der Waals surface area contributed by atoms with Gasteiger partial charge in [0.2, 0.25) is 0 Å². The molecule has 0 bridgehead atoms. The molecule has 0 radical (unpaired) electrons. The second-order valence-corrected chi connectivity index (χ2v) is 11.0. The minimum absolute atomic E-state index is 0.0308. The summed E-state index contributed by atoms with van der Waals surface area (Å²) in [6.45, 7) is 0.553. The average molecular weight is 660 g/mol. The predicted octanol–water partition coefficient (Wildman–Crippen LogP) is 8.71. The van der Waals surface area contributed by atoms with E-state index < -0.39 is 23.1 Å². The van der Waals surface area contributed by atoms with Gasteiger partial charge in [0.05, 0.1) is 5.56 Å². The molecule has 0 saturated carbocycles. The first-order valence-corrected chi connectivity index (χ1v) is 14.8. The Labute approximate surface area is 275 Å². The molecule has 0 aromatic heterocycles. The first-order chi connectivity index (χ1) is 22.2. The van der Waals surface area contributed by atoms with Crippen LogP contribution in [-0.2, 0) is 26.4 Å². The largest absolute Gasteiger partial charge is 0.489 e. The van der Waals surface area contributed by atoms with Crippen LogP contribution in [0.3, 0.4) is 0 Å². The summed E-state index contributed by atoms with van der Waals surface area (Å²) in [6, 6.07) is 31.6. The molecule has 0 aliphatic heterocycles. The van der Waals surface area contributed by atoms with Gasteiger partial charge in [0.1, 0.15) is 43.5 Å². The van der Waals surface area contributed by atoms with Crippen LogP contribution < -0.4 is 18.9 Å². The molecule has 0 heterocycles. The van der Waals surface area contributed by atoms with Crippen LogP contribution in [0.1, 0.15) is 43.0 Å². The molecule has 2 N–H and O–H groups in total. The van der Waals surface area contributed by atoms with Crippen LogP contribution in [0.5, 0.6) is 23.0 Å². The lowest BCUT2D eigenvalue weighted by Crippen LogP contribution is -2.12. The van der Waals surface area contributed by atoms with Crippen molar-refractivity contribution in [2.45, 2.75) is 26.4 Å². The summed E-state index contributed by atoms with van der Waals surface area (Å²) in [5.41, 5.74) is 2.26. The fourth-order valence-electron chi connectivity index (χ4n) is 4.56. The molecule has 0 spiro atoms. The van der Waals surface area contributed by atoms with E-state index in [1.54, 1.807) is 54.6 Å². The molecule has 46 heavy (non-hydrogen) atoms. The first kappa shape index (κ1) is 32.2. The van der Waals surface area contributed by atoms with Crippen molar-refractivity contribution >= 4 is 35.1 Å². The average Bonchev–Trinajstić information content (AvgIpc) is 3.04. The van der Waals surface area contributed by atoms with E-state index in [9.17, 15) is 19.8 Å². The van der Waals surface area contributed by atoms with Crippen molar-refractivity contribution in [3.63, 3.8) is 0 Å². The number of halogens is 2. The van der Waals surface area contributed by atoms with Gasteiger partial charge in [-0.2, -0.15) is 0 Å². The van der Waals surface area contributed by atoms with E-state index in [0.717, 1.165) is 16.7 Å². The second kappa shape index (κ2) is 15.2. The van der Waals surface area contributed by atoms with Crippen LogP contribution in [0.4, 0.5) is 0 Å². The number of carbonyl (C=O) groups is 2. The van der Waals surface area contributed by atoms with E-state index in [1.165, 1.54) is 12.1 Å².